The van der Waals surface area contributed by atoms with Crippen LogP contribution in [0, 0.1) is 5.82 Å². The Morgan fingerprint density at radius 2 is 1.84 bits per heavy atom. The van der Waals surface area contributed by atoms with Gasteiger partial charge in [0.05, 0.1) is 0 Å². The van der Waals surface area contributed by atoms with Crippen molar-refractivity contribution in [3.8, 4) is 0 Å². The van der Waals surface area contributed by atoms with E-state index < -0.39 is 17.9 Å². The SMILES string of the molecule is O=C(Nc1cccc(F)c1)NC(Cc1ccccc1)C(=O)NC1CC1. The minimum Gasteiger partial charge on any atom is -0.352 e. The van der Waals surface area contributed by atoms with Crippen molar-refractivity contribution in [3.63, 3.8) is 0 Å². The molecule has 0 spiro atoms. The molecule has 25 heavy (non-hydrogen) atoms. The van der Waals surface area contributed by atoms with Gasteiger partial charge in [0.25, 0.3) is 0 Å². The minimum atomic E-state index is -0.698. The Bertz CT molecular complexity index is 747. The molecule has 0 saturated heterocycles. The number of carbonyl (C=O) groups excluding carboxylic acids is 2. The number of carbonyl (C=O) groups is 2. The standard InChI is InChI=1S/C19H20FN3O2/c20-14-7-4-8-16(12-14)22-19(25)23-17(18(24)21-15-9-10-15)11-13-5-2-1-3-6-13/h1-8,12,15,17H,9-11H2,(H,21,24)(H2,22,23,25). The first-order valence-electron chi connectivity index (χ1n) is 8.27. The first kappa shape index (κ1) is 17.0. The van der Waals surface area contributed by atoms with Crippen molar-refractivity contribution in [1.82, 2.24) is 10.6 Å². The zero-order valence-electron chi connectivity index (χ0n) is 13.7. The van der Waals surface area contributed by atoms with Crippen LogP contribution in [0.4, 0.5) is 14.9 Å². The second kappa shape index (κ2) is 7.79. The zero-order valence-corrected chi connectivity index (χ0v) is 13.7. The largest absolute Gasteiger partial charge is 0.352 e. The summed E-state index contributed by atoms with van der Waals surface area (Å²) in [4.78, 5) is 24.6. The van der Waals surface area contributed by atoms with Crippen molar-refractivity contribution in [3.05, 3.63) is 66.0 Å². The van der Waals surface area contributed by atoms with E-state index in [-0.39, 0.29) is 11.9 Å². The van der Waals surface area contributed by atoms with Crippen LogP contribution in [0.25, 0.3) is 0 Å². The average Bonchev–Trinajstić information content (AvgIpc) is 3.39. The monoisotopic (exact) mass is 341 g/mol. The molecular weight excluding hydrogens is 321 g/mol. The summed E-state index contributed by atoms with van der Waals surface area (Å²) in [7, 11) is 0. The van der Waals surface area contributed by atoms with Crippen LogP contribution in [0.5, 0.6) is 0 Å². The van der Waals surface area contributed by atoms with Gasteiger partial charge in [0.15, 0.2) is 0 Å². The molecule has 2 aromatic rings. The molecule has 0 radical (unpaired) electrons. The number of hydrogen-bond acceptors (Lipinski definition) is 2. The molecule has 3 amide bonds. The molecule has 1 atom stereocenters. The van der Waals surface area contributed by atoms with Gasteiger partial charge in [0.2, 0.25) is 5.91 Å². The molecule has 1 fully saturated rings. The highest BCUT2D eigenvalue weighted by molar-refractivity contribution is 5.94. The summed E-state index contributed by atoms with van der Waals surface area (Å²) < 4.78 is 13.2. The van der Waals surface area contributed by atoms with Crippen molar-refractivity contribution < 1.29 is 14.0 Å². The molecule has 1 aliphatic rings. The Labute approximate surface area is 145 Å². The van der Waals surface area contributed by atoms with E-state index >= 15 is 0 Å². The predicted molar refractivity (Wildman–Crippen MR) is 93.7 cm³/mol. The van der Waals surface area contributed by atoms with E-state index in [1.54, 1.807) is 6.07 Å². The first-order valence-corrected chi connectivity index (χ1v) is 8.27. The molecule has 0 aliphatic heterocycles. The van der Waals surface area contributed by atoms with E-state index in [1.165, 1.54) is 18.2 Å². The molecular formula is C19H20FN3O2. The Hall–Kier alpha value is -2.89. The smallest absolute Gasteiger partial charge is 0.319 e. The van der Waals surface area contributed by atoms with E-state index in [2.05, 4.69) is 16.0 Å². The molecule has 0 aromatic heterocycles. The number of rotatable bonds is 6. The molecule has 3 N–H and O–H groups in total. The average molecular weight is 341 g/mol. The fourth-order valence-electron chi connectivity index (χ4n) is 2.48. The van der Waals surface area contributed by atoms with E-state index in [1.807, 2.05) is 30.3 Å². The van der Waals surface area contributed by atoms with Gasteiger partial charge in [0, 0.05) is 18.2 Å². The van der Waals surface area contributed by atoms with Crippen molar-refractivity contribution in [2.45, 2.75) is 31.3 Å². The molecule has 3 rings (SSSR count). The number of nitrogens with one attached hydrogen (secondary N) is 3. The van der Waals surface area contributed by atoms with Crippen molar-refractivity contribution >= 4 is 17.6 Å². The fraction of sp³-hybridized carbons (Fsp3) is 0.263. The summed E-state index contributed by atoms with van der Waals surface area (Å²) in [5.41, 5.74) is 1.28. The lowest BCUT2D eigenvalue weighted by Crippen LogP contribution is -2.49. The molecule has 2 aromatic carbocycles. The third kappa shape index (κ3) is 5.31. The Morgan fingerprint density at radius 1 is 1.08 bits per heavy atom. The lowest BCUT2D eigenvalue weighted by molar-refractivity contribution is -0.123. The van der Waals surface area contributed by atoms with Crippen LogP contribution in [-0.4, -0.2) is 24.0 Å². The van der Waals surface area contributed by atoms with Gasteiger partial charge in [-0.1, -0.05) is 36.4 Å². The normalized spacial score (nSPS) is 14.4. The van der Waals surface area contributed by atoms with Crippen molar-refractivity contribution in [2.24, 2.45) is 0 Å². The maximum Gasteiger partial charge on any atom is 0.319 e. The Morgan fingerprint density at radius 3 is 2.52 bits per heavy atom. The van der Waals surface area contributed by atoms with Crippen LogP contribution in [0.1, 0.15) is 18.4 Å². The summed E-state index contributed by atoms with van der Waals surface area (Å²) in [5, 5.41) is 8.15. The summed E-state index contributed by atoms with van der Waals surface area (Å²) >= 11 is 0. The molecule has 6 heteroatoms. The molecule has 1 unspecified atom stereocenters. The molecule has 1 saturated carbocycles. The molecule has 5 nitrogen and oxygen atoms in total. The summed E-state index contributed by atoms with van der Waals surface area (Å²) in [6.45, 7) is 0. The van der Waals surface area contributed by atoms with Crippen LogP contribution >= 0.6 is 0 Å². The molecule has 1 aliphatic carbocycles. The molecule has 0 bridgehead atoms. The maximum atomic E-state index is 13.2. The van der Waals surface area contributed by atoms with Gasteiger partial charge in [-0.15, -0.1) is 0 Å². The van der Waals surface area contributed by atoms with Crippen molar-refractivity contribution in [2.75, 3.05) is 5.32 Å². The number of urea groups is 1. The number of amides is 3. The Kier molecular flexibility index (Phi) is 5.28. The summed E-state index contributed by atoms with van der Waals surface area (Å²) in [6, 6.07) is 14.1. The van der Waals surface area contributed by atoms with E-state index in [4.69, 9.17) is 0 Å². The van der Waals surface area contributed by atoms with Crippen LogP contribution in [0.15, 0.2) is 54.6 Å². The molecule has 0 heterocycles. The lowest BCUT2D eigenvalue weighted by atomic mass is 10.1. The van der Waals surface area contributed by atoms with Gasteiger partial charge in [-0.2, -0.15) is 0 Å². The maximum absolute atomic E-state index is 13.2. The highest BCUT2D eigenvalue weighted by atomic mass is 19.1. The van der Waals surface area contributed by atoms with Gasteiger partial charge >= 0.3 is 6.03 Å². The third-order valence-corrected chi connectivity index (χ3v) is 3.91. The van der Waals surface area contributed by atoms with Crippen LogP contribution in [0.3, 0.4) is 0 Å². The topological polar surface area (TPSA) is 70.2 Å². The lowest BCUT2D eigenvalue weighted by Gasteiger charge is -2.19. The zero-order chi connectivity index (χ0) is 17.6. The Balaban J connectivity index is 1.65. The van der Waals surface area contributed by atoms with Crippen LogP contribution < -0.4 is 16.0 Å². The number of benzene rings is 2. The minimum absolute atomic E-state index is 0.207. The van der Waals surface area contributed by atoms with Gasteiger partial charge in [-0.3, -0.25) is 4.79 Å². The van der Waals surface area contributed by atoms with E-state index in [0.29, 0.717) is 12.1 Å². The number of anilines is 1. The number of hydrogen-bond donors (Lipinski definition) is 3. The van der Waals surface area contributed by atoms with Crippen LogP contribution in [-0.2, 0) is 11.2 Å². The second-order valence-corrected chi connectivity index (χ2v) is 6.13. The van der Waals surface area contributed by atoms with Crippen molar-refractivity contribution in [1.29, 1.82) is 0 Å². The number of halogens is 1. The molecule has 130 valence electrons. The van der Waals surface area contributed by atoms with Gasteiger partial charge in [0.1, 0.15) is 11.9 Å². The first-order chi connectivity index (χ1) is 12.1. The van der Waals surface area contributed by atoms with Crippen LogP contribution in [0.2, 0.25) is 0 Å². The van der Waals surface area contributed by atoms with Gasteiger partial charge < -0.3 is 16.0 Å². The second-order valence-electron chi connectivity index (χ2n) is 6.13. The quantitative estimate of drug-likeness (QED) is 0.756. The van der Waals surface area contributed by atoms with E-state index in [0.717, 1.165) is 18.4 Å². The summed E-state index contributed by atoms with van der Waals surface area (Å²) in [5.74, 6) is -0.647. The third-order valence-electron chi connectivity index (χ3n) is 3.91. The highest BCUT2D eigenvalue weighted by Crippen LogP contribution is 2.19. The summed E-state index contributed by atoms with van der Waals surface area (Å²) in [6.07, 6.45) is 2.33. The fourth-order valence-corrected chi connectivity index (χ4v) is 2.48. The van der Waals surface area contributed by atoms with Gasteiger partial charge in [-0.05, 0) is 36.6 Å². The van der Waals surface area contributed by atoms with Gasteiger partial charge in [-0.25, -0.2) is 9.18 Å². The highest BCUT2D eigenvalue weighted by Gasteiger charge is 2.28. The predicted octanol–water partition coefficient (Wildman–Crippen LogP) is 2.84. The van der Waals surface area contributed by atoms with E-state index in [9.17, 15) is 14.0 Å².